The molecule has 140 valence electrons. The van der Waals surface area contributed by atoms with E-state index in [1.165, 1.54) is 24.3 Å². The fourth-order valence-electron chi connectivity index (χ4n) is 2.26. The average Bonchev–Trinajstić information content (AvgIpc) is 3.04. The van der Waals surface area contributed by atoms with E-state index in [1.54, 1.807) is 0 Å². The summed E-state index contributed by atoms with van der Waals surface area (Å²) in [7, 11) is 0. The van der Waals surface area contributed by atoms with Crippen molar-refractivity contribution in [2.45, 2.75) is 19.2 Å². The number of guanidine groups is 1. The Morgan fingerprint density at radius 3 is 2.72 bits per heavy atom. The minimum Gasteiger partial charge on any atom is -0.406 e. The van der Waals surface area contributed by atoms with Crippen LogP contribution in [0.1, 0.15) is 12.8 Å². The summed E-state index contributed by atoms with van der Waals surface area (Å²) in [5.74, 6) is 0.381. The smallest absolute Gasteiger partial charge is 0.406 e. The molecule has 1 aromatic carbocycles. The van der Waals surface area contributed by atoms with Crippen LogP contribution in [0.5, 0.6) is 5.75 Å². The summed E-state index contributed by atoms with van der Waals surface area (Å²) in [5.41, 5.74) is 6.25. The number of aliphatic imine (C=N–C) groups is 1. The zero-order valence-electron chi connectivity index (χ0n) is 13.7. The van der Waals surface area contributed by atoms with Crippen LogP contribution in [-0.4, -0.2) is 45.3 Å². The molecule has 1 aliphatic rings. The first-order valence-corrected chi connectivity index (χ1v) is 8.00. The largest absolute Gasteiger partial charge is 0.573 e. The number of benzene rings is 1. The topological polar surface area (TPSA) is 78.1 Å². The van der Waals surface area contributed by atoms with Crippen molar-refractivity contribution >= 4 is 11.6 Å². The van der Waals surface area contributed by atoms with Crippen LogP contribution in [0.25, 0.3) is 0 Å². The highest BCUT2D eigenvalue weighted by Crippen LogP contribution is 2.23. The first kappa shape index (κ1) is 19.3. The van der Waals surface area contributed by atoms with Crippen molar-refractivity contribution in [3.05, 3.63) is 24.3 Å². The molecule has 1 aliphatic heterocycles. The molecule has 1 heterocycles. The van der Waals surface area contributed by atoms with Crippen molar-refractivity contribution in [3.63, 3.8) is 0 Å². The first-order valence-electron chi connectivity index (χ1n) is 8.00. The number of rotatable bonds is 8. The van der Waals surface area contributed by atoms with Crippen LogP contribution in [-0.2, 0) is 9.47 Å². The summed E-state index contributed by atoms with van der Waals surface area (Å²) < 4.78 is 50.8. The Kier molecular flexibility index (Phi) is 7.32. The van der Waals surface area contributed by atoms with Gasteiger partial charge in [-0.15, -0.1) is 13.2 Å². The van der Waals surface area contributed by atoms with Gasteiger partial charge in [-0.1, -0.05) is 0 Å². The molecular formula is C16H22F3N3O3. The quantitative estimate of drug-likeness (QED) is 0.423. The predicted molar refractivity (Wildman–Crippen MR) is 87.6 cm³/mol. The van der Waals surface area contributed by atoms with Gasteiger partial charge in [0.05, 0.1) is 13.2 Å². The summed E-state index contributed by atoms with van der Waals surface area (Å²) in [6, 6.07) is 5.25. The molecule has 1 unspecified atom stereocenters. The lowest BCUT2D eigenvalue weighted by molar-refractivity contribution is -0.274. The van der Waals surface area contributed by atoms with Gasteiger partial charge in [0.25, 0.3) is 0 Å². The molecule has 2 rings (SSSR count). The maximum Gasteiger partial charge on any atom is 0.573 e. The second kappa shape index (κ2) is 9.47. The van der Waals surface area contributed by atoms with Gasteiger partial charge in [-0.25, -0.2) is 0 Å². The second-order valence-electron chi connectivity index (χ2n) is 5.62. The van der Waals surface area contributed by atoms with Crippen LogP contribution in [0.3, 0.4) is 0 Å². The van der Waals surface area contributed by atoms with E-state index in [-0.39, 0.29) is 11.7 Å². The van der Waals surface area contributed by atoms with Crippen molar-refractivity contribution in [2.24, 2.45) is 16.6 Å². The summed E-state index contributed by atoms with van der Waals surface area (Å²) >= 11 is 0. The zero-order chi connectivity index (χ0) is 18.1. The first-order chi connectivity index (χ1) is 11.9. The van der Waals surface area contributed by atoms with E-state index >= 15 is 0 Å². The molecule has 1 atom stereocenters. The molecule has 9 heteroatoms. The molecule has 0 amide bonds. The maximum absolute atomic E-state index is 12.1. The SMILES string of the molecule is NC(=NCCCOCC1CCOC1)Nc1ccc(OC(F)(F)F)cc1. The minimum atomic E-state index is -4.71. The van der Waals surface area contributed by atoms with Crippen LogP contribution in [0.15, 0.2) is 29.3 Å². The number of nitrogens with two attached hydrogens (primary N) is 1. The zero-order valence-corrected chi connectivity index (χ0v) is 13.7. The van der Waals surface area contributed by atoms with Crippen LogP contribution < -0.4 is 15.8 Å². The molecule has 1 saturated heterocycles. The summed E-state index contributed by atoms with van der Waals surface area (Å²) in [6.07, 6.45) is -2.93. The van der Waals surface area contributed by atoms with Gasteiger partial charge in [0.2, 0.25) is 0 Å². The average molecular weight is 361 g/mol. The van der Waals surface area contributed by atoms with E-state index < -0.39 is 6.36 Å². The van der Waals surface area contributed by atoms with Gasteiger partial charge < -0.3 is 25.3 Å². The van der Waals surface area contributed by atoms with Gasteiger partial charge in [0.15, 0.2) is 5.96 Å². The number of nitrogens with one attached hydrogen (secondary N) is 1. The molecule has 3 N–H and O–H groups in total. The summed E-state index contributed by atoms with van der Waals surface area (Å²) in [4.78, 5) is 4.14. The Morgan fingerprint density at radius 2 is 2.08 bits per heavy atom. The number of hydrogen-bond donors (Lipinski definition) is 2. The van der Waals surface area contributed by atoms with Gasteiger partial charge in [0, 0.05) is 31.4 Å². The Morgan fingerprint density at radius 1 is 1.32 bits per heavy atom. The number of alkyl halides is 3. The molecule has 0 aliphatic carbocycles. The highest BCUT2D eigenvalue weighted by molar-refractivity contribution is 5.92. The number of halogens is 3. The molecule has 1 fully saturated rings. The Hall–Kier alpha value is -2.00. The predicted octanol–water partition coefficient (Wildman–Crippen LogP) is 2.75. The Bertz CT molecular complexity index is 544. The molecular weight excluding hydrogens is 339 g/mol. The second-order valence-corrected chi connectivity index (χ2v) is 5.62. The number of anilines is 1. The standard InChI is InChI=1S/C16H22F3N3O3/c17-16(18,19)25-14-4-2-13(3-5-14)22-15(20)21-7-1-8-23-10-12-6-9-24-11-12/h2-5,12H,1,6-11H2,(H3,20,21,22). The molecule has 0 aromatic heterocycles. The third-order valence-electron chi connectivity index (χ3n) is 3.47. The van der Waals surface area contributed by atoms with Crippen LogP contribution >= 0.6 is 0 Å². The lowest BCUT2D eigenvalue weighted by Gasteiger charge is -2.10. The lowest BCUT2D eigenvalue weighted by Crippen LogP contribution is -2.23. The van der Waals surface area contributed by atoms with Crippen LogP contribution in [0.2, 0.25) is 0 Å². The third kappa shape index (κ3) is 8.08. The van der Waals surface area contributed by atoms with Crippen molar-refractivity contribution in [2.75, 3.05) is 38.3 Å². The van der Waals surface area contributed by atoms with E-state index in [1.807, 2.05) is 0 Å². The Labute approximate surface area is 144 Å². The van der Waals surface area contributed by atoms with Crippen molar-refractivity contribution in [1.29, 1.82) is 0 Å². The van der Waals surface area contributed by atoms with Gasteiger partial charge in [-0.05, 0) is 37.1 Å². The van der Waals surface area contributed by atoms with Crippen LogP contribution in [0, 0.1) is 5.92 Å². The van der Waals surface area contributed by atoms with Gasteiger partial charge >= 0.3 is 6.36 Å². The van der Waals surface area contributed by atoms with Crippen molar-refractivity contribution < 1.29 is 27.4 Å². The third-order valence-corrected chi connectivity index (χ3v) is 3.47. The monoisotopic (exact) mass is 361 g/mol. The summed E-state index contributed by atoms with van der Waals surface area (Å²) in [5, 5.41) is 2.80. The van der Waals surface area contributed by atoms with E-state index in [2.05, 4.69) is 15.0 Å². The van der Waals surface area contributed by atoms with E-state index in [9.17, 15) is 13.2 Å². The molecule has 0 radical (unpaired) electrons. The van der Waals surface area contributed by atoms with Gasteiger partial charge in [-0.3, -0.25) is 4.99 Å². The molecule has 1 aromatic rings. The number of nitrogens with zero attached hydrogens (tertiary/aromatic N) is 1. The normalized spacial score (nSPS) is 18.4. The minimum absolute atomic E-state index is 0.189. The fraction of sp³-hybridized carbons (Fsp3) is 0.562. The molecule has 0 saturated carbocycles. The maximum atomic E-state index is 12.1. The molecule has 0 spiro atoms. The highest BCUT2D eigenvalue weighted by atomic mass is 19.4. The molecule has 6 nitrogen and oxygen atoms in total. The van der Waals surface area contributed by atoms with Crippen molar-refractivity contribution in [1.82, 2.24) is 0 Å². The highest BCUT2D eigenvalue weighted by Gasteiger charge is 2.30. The van der Waals surface area contributed by atoms with Gasteiger partial charge in [0.1, 0.15) is 5.75 Å². The molecule has 25 heavy (non-hydrogen) atoms. The van der Waals surface area contributed by atoms with E-state index in [0.29, 0.717) is 31.4 Å². The Balaban J connectivity index is 1.63. The van der Waals surface area contributed by atoms with E-state index in [4.69, 9.17) is 15.2 Å². The lowest BCUT2D eigenvalue weighted by atomic mass is 10.1. The summed E-state index contributed by atoms with van der Waals surface area (Å²) in [6.45, 7) is 3.36. The molecule has 0 bridgehead atoms. The fourth-order valence-corrected chi connectivity index (χ4v) is 2.26. The van der Waals surface area contributed by atoms with Crippen molar-refractivity contribution in [3.8, 4) is 5.75 Å². The van der Waals surface area contributed by atoms with Crippen LogP contribution in [0.4, 0.5) is 18.9 Å². The number of ether oxygens (including phenoxy) is 3. The van der Waals surface area contributed by atoms with Gasteiger partial charge in [-0.2, -0.15) is 0 Å². The number of hydrogen-bond acceptors (Lipinski definition) is 4. The van der Waals surface area contributed by atoms with E-state index in [0.717, 1.165) is 26.1 Å².